The van der Waals surface area contributed by atoms with Crippen molar-refractivity contribution in [1.29, 1.82) is 0 Å². The summed E-state index contributed by atoms with van der Waals surface area (Å²) in [7, 11) is -4.01. The third-order valence-corrected chi connectivity index (χ3v) is 5.97. The molecular weight excluding hydrogens is 298 g/mol. The summed E-state index contributed by atoms with van der Waals surface area (Å²) in [5, 5.41) is 0. The van der Waals surface area contributed by atoms with Gasteiger partial charge in [-0.3, -0.25) is 0 Å². The van der Waals surface area contributed by atoms with Crippen LogP contribution >= 0.6 is 0 Å². The Morgan fingerprint density at radius 2 is 1.81 bits per heavy atom. The molecule has 21 heavy (non-hydrogen) atoms. The van der Waals surface area contributed by atoms with Crippen molar-refractivity contribution in [3.63, 3.8) is 0 Å². The van der Waals surface area contributed by atoms with E-state index in [1.165, 1.54) is 4.31 Å². The number of benzene rings is 1. The van der Waals surface area contributed by atoms with Gasteiger partial charge in [-0.1, -0.05) is 26.2 Å². The number of sulfonamides is 1. The minimum absolute atomic E-state index is 0.126. The van der Waals surface area contributed by atoms with E-state index >= 15 is 0 Å². The Labute approximate surface area is 124 Å². The van der Waals surface area contributed by atoms with Crippen molar-refractivity contribution in [3.05, 3.63) is 23.8 Å². The number of rotatable bonds is 4. The van der Waals surface area contributed by atoms with Gasteiger partial charge in [-0.25, -0.2) is 17.2 Å². The van der Waals surface area contributed by atoms with Crippen LogP contribution in [-0.2, 0) is 10.0 Å². The standard InChI is InChI=1S/C14H20F2N2O2S/c1-2-18(10-6-4-3-5-7-10)21(19,20)14-9-13(17)11(15)8-12(14)16/h8-10H,2-7,17H2,1H3. The normalized spacial score (nSPS) is 17.3. The maximum absolute atomic E-state index is 13.9. The van der Waals surface area contributed by atoms with Gasteiger partial charge in [0, 0.05) is 18.7 Å². The van der Waals surface area contributed by atoms with Crippen LogP contribution in [0, 0.1) is 11.6 Å². The molecule has 0 atom stereocenters. The summed E-state index contributed by atoms with van der Waals surface area (Å²) < 4.78 is 53.7. The molecule has 1 fully saturated rings. The first-order chi connectivity index (χ1) is 9.87. The predicted molar refractivity (Wildman–Crippen MR) is 77.2 cm³/mol. The van der Waals surface area contributed by atoms with Crippen LogP contribution < -0.4 is 5.73 Å². The second kappa shape index (κ2) is 6.27. The summed E-state index contributed by atoms with van der Waals surface area (Å²) in [5.74, 6) is -2.05. The number of nitrogen functional groups attached to an aromatic ring is 1. The lowest BCUT2D eigenvalue weighted by Gasteiger charge is -2.32. The molecule has 0 aromatic heterocycles. The van der Waals surface area contributed by atoms with E-state index in [9.17, 15) is 17.2 Å². The van der Waals surface area contributed by atoms with E-state index in [1.54, 1.807) is 6.92 Å². The highest BCUT2D eigenvalue weighted by Gasteiger charge is 2.33. The summed E-state index contributed by atoms with van der Waals surface area (Å²) in [5.41, 5.74) is 5.02. The molecule has 0 amide bonds. The van der Waals surface area contributed by atoms with Gasteiger partial charge < -0.3 is 5.73 Å². The first-order valence-corrected chi connectivity index (χ1v) is 8.58. The third-order valence-electron chi connectivity index (χ3n) is 3.93. The molecular formula is C14H20F2N2O2S. The fraction of sp³-hybridized carbons (Fsp3) is 0.571. The number of nitrogens with two attached hydrogens (primary N) is 1. The van der Waals surface area contributed by atoms with Crippen molar-refractivity contribution in [2.75, 3.05) is 12.3 Å². The molecule has 2 N–H and O–H groups in total. The number of hydrogen-bond acceptors (Lipinski definition) is 3. The van der Waals surface area contributed by atoms with Gasteiger partial charge in [0.2, 0.25) is 10.0 Å². The predicted octanol–water partition coefficient (Wildman–Crippen LogP) is 2.89. The number of nitrogens with zero attached hydrogens (tertiary/aromatic N) is 1. The Kier molecular flexibility index (Phi) is 4.83. The fourth-order valence-electron chi connectivity index (χ4n) is 2.86. The van der Waals surface area contributed by atoms with Gasteiger partial charge in [0.25, 0.3) is 0 Å². The van der Waals surface area contributed by atoms with E-state index in [0.29, 0.717) is 6.07 Å². The van der Waals surface area contributed by atoms with Gasteiger partial charge in [-0.05, 0) is 18.9 Å². The van der Waals surface area contributed by atoms with Crippen LogP contribution in [-0.4, -0.2) is 25.3 Å². The van der Waals surface area contributed by atoms with E-state index in [2.05, 4.69) is 0 Å². The monoisotopic (exact) mass is 318 g/mol. The highest BCUT2D eigenvalue weighted by molar-refractivity contribution is 7.89. The molecule has 1 aromatic rings. The lowest BCUT2D eigenvalue weighted by Crippen LogP contribution is -2.41. The molecule has 0 spiro atoms. The van der Waals surface area contributed by atoms with Crippen molar-refractivity contribution in [1.82, 2.24) is 4.31 Å². The first kappa shape index (κ1) is 16.2. The van der Waals surface area contributed by atoms with E-state index < -0.39 is 26.6 Å². The molecule has 0 aliphatic heterocycles. The van der Waals surface area contributed by atoms with Crippen molar-refractivity contribution in [2.45, 2.75) is 50.0 Å². The van der Waals surface area contributed by atoms with Crippen LogP contribution in [0.15, 0.2) is 17.0 Å². The minimum atomic E-state index is -4.01. The van der Waals surface area contributed by atoms with Crippen LogP contribution in [0.4, 0.5) is 14.5 Å². The second-order valence-electron chi connectivity index (χ2n) is 5.30. The summed E-state index contributed by atoms with van der Waals surface area (Å²) in [4.78, 5) is -0.547. The zero-order valence-corrected chi connectivity index (χ0v) is 12.8. The zero-order chi connectivity index (χ0) is 15.6. The van der Waals surface area contributed by atoms with E-state index in [4.69, 9.17) is 5.73 Å². The van der Waals surface area contributed by atoms with Crippen molar-refractivity contribution in [3.8, 4) is 0 Å². The second-order valence-corrected chi connectivity index (χ2v) is 7.16. The van der Waals surface area contributed by atoms with Gasteiger partial charge in [0.1, 0.15) is 16.5 Å². The molecule has 2 rings (SSSR count). The highest BCUT2D eigenvalue weighted by atomic mass is 32.2. The van der Waals surface area contributed by atoms with E-state index in [-0.39, 0.29) is 18.3 Å². The topological polar surface area (TPSA) is 63.4 Å². The molecule has 7 heteroatoms. The number of hydrogen-bond donors (Lipinski definition) is 1. The zero-order valence-electron chi connectivity index (χ0n) is 12.0. The summed E-state index contributed by atoms with van der Waals surface area (Å²) in [6.45, 7) is 1.97. The van der Waals surface area contributed by atoms with Crippen molar-refractivity contribution >= 4 is 15.7 Å². The largest absolute Gasteiger partial charge is 0.396 e. The van der Waals surface area contributed by atoms with Crippen molar-refractivity contribution in [2.24, 2.45) is 0 Å². The Morgan fingerprint density at radius 1 is 1.19 bits per heavy atom. The van der Waals surface area contributed by atoms with Crippen LogP contribution in [0.3, 0.4) is 0 Å². The maximum Gasteiger partial charge on any atom is 0.246 e. The molecule has 0 heterocycles. The molecule has 0 radical (unpaired) electrons. The van der Waals surface area contributed by atoms with Crippen LogP contribution in [0.5, 0.6) is 0 Å². The SMILES string of the molecule is CCN(C1CCCCC1)S(=O)(=O)c1cc(N)c(F)cc1F. The molecule has 4 nitrogen and oxygen atoms in total. The van der Waals surface area contributed by atoms with Crippen LogP contribution in [0.25, 0.3) is 0 Å². The molecule has 118 valence electrons. The maximum atomic E-state index is 13.9. The Balaban J connectivity index is 2.41. The average Bonchev–Trinajstić information content (AvgIpc) is 2.44. The molecule has 1 aliphatic rings. The minimum Gasteiger partial charge on any atom is -0.396 e. The van der Waals surface area contributed by atoms with Gasteiger partial charge in [-0.15, -0.1) is 0 Å². The summed E-state index contributed by atoms with van der Waals surface area (Å²) in [6.07, 6.45) is 4.55. The Bertz CT molecular complexity index is 614. The quantitative estimate of drug-likeness (QED) is 0.868. The highest BCUT2D eigenvalue weighted by Crippen LogP contribution is 2.30. The molecule has 1 saturated carbocycles. The fourth-order valence-corrected chi connectivity index (χ4v) is 4.64. The van der Waals surface area contributed by atoms with Crippen LogP contribution in [0.1, 0.15) is 39.0 Å². The van der Waals surface area contributed by atoms with Gasteiger partial charge in [0.05, 0.1) is 5.69 Å². The first-order valence-electron chi connectivity index (χ1n) is 7.14. The van der Waals surface area contributed by atoms with Gasteiger partial charge in [-0.2, -0.15) is 4.31 Å². The lowest BCUT2D eigenvalue weighted by atomic mass is 9.95. The summed E-state index contributed by atoms with van der Waals surface area (Å²) in [6, 6.07) is 1.27. The van der Waals surface area contributed by atoms with Crippen LogP contribution in [0.2, 0.25) is 0 Å². The molecule has 0 bridgehead atoms. The molecule has 1 aromatic carbocycles. The van der Waals surface area contributed by atoms with Gasteiger partial charge in [0.15, 0.2) is 0 Å². The smallest absolute Gasteiger partial charge is 0.246 e. The van der Waals surface area contributed by atoms with E-state index in [0.717, 1.165) is 38.2 Å². The number of halogens is 2. The van der Waals surface area contributed by atoms with Crippen molar-refractivity contribution < 1.29 is 17.2 Å². The summed E-state index contributed by atoms with van der Waals surface area (Å²) >= 11 is 0. The molecule has 0 saturated heterocycles. The molecule has 0 unspecified atom stereocenters. The number of anilines is 1. The van der Waals surface area contributed by atoms with Gasteiger partial charge >= 0.3 is 0 Å². The Hall–Kier alpha value is -1.21. The molecule has 1 aliphatic carbocycles. The average molecular weight is 318 g/mol. The third kappa shape index (κ3) is 3.18. The Morgan fingerprint density at radius 3 is 2.38 bits per heavy atom. The van der Waals surface area contributed by atoms with E-state index in [1.807, 2.05) is 0 Å². The lowest BCUT2D eigenvalue weighted by molar-refractivity contribution is 0.260.